The molecule has 0 bridgehead atoms. The fourth-order valence-electron chi connectivity index (χ4n) is 11.0. The van der Waals surface area contributed by atoms with Crippen LogP contribution in [0.25, 0.3) is 16.8 Å². The molecule has 2 amide bonds. The number of allylic oxidation sites excluding steroid dienone is 1. The zero-order valence-electron chi connectivity index (χ0n) is 43.8. The van der Waals surface area contributed by atoms with E-state index in [-0.39, 0.29) is 62.0 Å². The van der Waals surface area contributed by atoms with Crippen LogP contribution in [0.5, 0.6) is 23.0 Å². The Balaban J connectivity index is 1.33. The fraction of sp³-hybridized carbons (Fsp3) is 0.383. The first-order valence-electron chi connectivity index (χ1n) is 25.9. The molecule has 3 aliphatic rings. The SMILES string of the molecule is C=CCOC12Oc3ccc(OC(=O)Nc4ccc(OC)cc4OC)cc3C3C(CCCCO)C(CCCCO)C=C(C(=NOC(C)(C)C)CC1N(Cc1cccc4ccccc14)C(=O)C=Cc1ccc([N+](=O)[O-])cc1)C32. The maximum absolute atomic E-state index is 15.5. The number of hydrogen-bond acceptors (Lipinski definition) is 13. The summed E-state index contributed by atoms with van der Waals surface area (Å²) in [6.07, 6.45) is 10.4. The van der Waals surface area contributed by atoms with Gasteiger partial charge in [0.05, 0.1) is 43.1 Å². The average Bonchev–Trinajstić information content (AvgIpc) is 3.61. The number of carbonyl (C=O) groups excluding carboxylic acids is 2. The highest BCUT2D eigenvalue weighted by Crippen LogP contribution is 2.62. The number of fused-ring (bicyclic) bond motifs is 3. The number of hydrogen-bond donors (Lipinski definition) is 3. The summed E-state index contributed by atoms with van der Waals surface area (Å²) in [7, 11) is 3.03. The number of nitrogens with zero attached hydrogens (tertiary/aromatic N) is 3. The van der Waals surface area contributed by atoms with Gasteiger partial charge >= 0.3 is 6.09 Å². The second kappa shape index (κ2) is 24.4. The molecule has 400 valence electrons. The van der Waals surface area contributed by atoms with Gasteiger partial charge in [-0.25, -0.2) is 4.79 Å². The minimum atomic E-state index is -1.62. The van der Waals surface area contributed by atoms with Gasteiger partial charge in [0.25, 0.3) is 5.69 Å². The number of unbranched alkanes of at least 4 members (excludes halogenated alkanes) is 2. The van der Waals surface area contributed by atoms with Crippen molar-refractivity contribution < 1.29 is 53.2 Å². The monoisotopic (exact) mass is 1040 g/mol. The van der Waals surface area contributed by atoms with Gasteiger partial charge in [-0.1, -0.05) is 72.6 Å². The van der Waals surface area contributed by atoms with Crippen LogP contribution in [0.15, 0.2) is 139 Å². The van der Waals surface area contributed by atoms with Crippen LogP contribution in [0.3, 0.4) is 0 Å². The van der Waals surface area contributed by atoms with Crippen LogP contribution in [0.4, 0.5) is 16.2 Å². The Bertz CT molecular complexity index is 2980. The van der Waals surface area contributed by atoms with E-state index in [1.807, 2.05) is 69.3 Å². The molecular formula is C60H68N4O12. The van der Waals surface area contributed by atoms with Crippen molar-refractivity contribution in [3.8, 4) is 23.0 Å². The van der Waals surface area contributed by atoms with Crippen LogP contribution in [0.2, 0.25) is 0 Å². The highest BCUT2D eigenvalue weighted by molar-refractivity contribution is 6.03. The smallest absolute Gasteiger partial charge is 0.417 e. The van der Waals surface area contributed by atoms with Crippen LogP contribution in [-0.2, 0) is 20.9 Å². The lowest BCUT2D eigenvalue weighted by atomic mass is 9.55. The average molecular weight is 1040 g/mol. The highest BCUT2D eigenvalue weighted by Gasteiger charge is 2.65. The van der Waals surface area contributed by atoms with Crippen LogP contribution >= 0.6 is 0 Å². The zero-order chi connectivity index (χ0) is 54.0. The lowest BCUT2D eigenvalue weighted by Gasteiger charge is -2.60. The molecule has 1 fully saturated rings. The summed E-state index contributed by atoms with van der Waals surface area (Å²) in [5.74, 6) is -1.63. The molecular weight excluding hydrogens is 969 g/mol. The van der Waals surface area contributed by atoms with Gasteiger partial charge in [0.15, 0.2) is 0 Å². The Morgan fingerprint density at radius 2 is 1.66 bits per heavy atom. The summed E-state index contributed by atoms with van der Waals surface area (Å²) in [6.45, 7) is 10.0. The predicted molar refractivity (Wildman–Crippen MR) is 292 cm³/mol. The lowest BCUT2D eigenvalue weighted by molar-refractivity contribution is -0.384. The van der Waals surface area contributed by atoms with Crippen LogP contribution in [0.1, 0.15) is 88.3 Å². The Labute approximate surface area is 443 Å². The number of ether oxygens (including phenoxy) is 5. The van der Waals surface area contributed by atoms with Crippen LogP contribution in [-0.4, -0.2) is 89.2 Å². The largest absolute Gasteiger partial charge is 0.497 e. The molecule has 5 aromatic carbocycles. The standard InChI is InChI=1S/C60H68N4O12/c1-7-33-73-60-54(63(38-42-18-14-17-40-15-8-9-19-46(40)42)55(67)30-23-39-21-24-43(25-22-39)64(69)70)37-51(62-76-59(2,3)4)48-34-41(16-10-12-31-65)47(20-11-13-32-66)56(57(48)60)49-35-45(27-29-52(49)75-60)74-58(68)61-50-28-26-44(71-5)36-53(50)72-6/h7-9,14-15,17-19,21-30,34-36,41,47,54,56-57,65-66H,1,10-13,16,20,31-33,37-38H2,2-6H3,(H,61,68). The Morgan fingerprint density at radius 3 is 2.37 bits per heavy atom. The van der Waals surface area contributed by atoms with Gasteiger partial charge in [-0.05, 0) is 134 Å². The van der Waals surface area contributed by atoms with E-state index in [0.717, 1.165) is 40.3 Å². The number of nitro groups is 1. The number of aliphatic hydroxyl groups is 2. The molecule has 1 aliphatic heterocycles. The number of benzene rings is 5. The number of non-ortho nitro benzene ring substituents is 1. The van der Waals surface area contributed by atoms with Crippen molar-refractivity contribution in [2.75, 3.05) is 39.4 Å². The van der Waals surface area contributed by atoms with Crippen molar-refractivity contribution in [2.45, 2.75) is 95.6 Å². The Kier molecular flexibility index (Phi) is 17.6. The summed E-state index contributed by atoms with van der Waals surface area (Å²) in [5, 5.41) is 41.5. The number of amides is 2. The number of aliphatic hydroxyl groups excluding tert-OH is 2. The van der Waals surface area contributed by atoms with Gasteiger partial charge in [0, 0.05) is 61.9 Å². The van der Waals surface area contributed by atoms with E-state index in [2.05, 4.69) is 18.0 Å². The molecule has 1 heterocycles. The third-order valence-electron chi connectivity index (χ3n) is 14.3. The van der Waals surface area contributed by atoms with Crippen molar-refractivity contribution in [3.05, 3.63) is 160 Å². The fourth-order valence-corrected chi connectivity index (χ4v) is 11.0. The summed E-state index contributed by atoms with van der Waals surface area (Å²) in [6, 6.07) is 29.4. The maximum Gasteiger partial charge on any atom is 0.417 e. The van der Waals surface area contributed by atoms with Gasteiger partial charge in [-0.15, -0.1) is 6.58 Å². The molecule has 0 saturated heterocycles. The topological polar surface area (TPSA) is 201 Å². The van der Waals surface area contributed by atoms with Gasteiger partial charge in [0.1, 0.15) is 34.6 Å². The molecule has 0 radical (unpaired) electrons. The van der Waals surface area contributed by atoms with Gasteiger partial charge in [-0.3, -0.25) is 20.2 Å². The summed E-state index contributed by atoms with van der Waals surface area (Å²) in [4.78, 5) is 48.5. The summed E-state index contributed by atoms with van der Waals surface area (Å²) >= 11 is 0. The van der Waals surface area contributed by atoms with E-state index >= 15 is 4.79 Å². The number of nitrogens with one attached hydrogen (secondary N) is 1. The number of anilines is 1. The summed E-state index contributed by atoms with van der Waals surface area (Å²) < 4.78 is 31.7. The van der Waals surface area contributed by atoms with E-state index in [0.29, 0.717) is 59.9 Å². The molecule has 6 atom stereocenters. The second-order valence-electron chi connectivity index (χ2n) is 20.3. The van der Waals surface area contributed by atoms with E-state index in [1.54, 1.807) is 59.5 Å². The van der Waals surface area contributed by atoms with Gasteiger partial charge in [0.2, 0.25) is 11.7 Å². The molecule has 16 heteroatoms. The van der Waals surface area contributed by atoms with Gasteiger partial charge < -0.3 is 43.6 Å². The number of rotatable bonds is 22. The van der Waals surface area contributed by atoms with Crippen molar-refractivity contribution in [3.63, 3.8) is 0 Å². The van der Waals surface area contributed by atoms with Crippen LogP contribution < -0.4 is 24.3 Å². The first-order valence-corrected chi connectivity index (χ1v) is 25.9. The molecule has 76 heavy (non-hydrogen) atoms. The van der Waals surface area contributed by atoms with E-state index in [4.69, 9.17) is 33.7 Å². The molecule has 5 aromatic rings. The molecule has 2 aliphatic carbocycles. The minimum Gasteiger partial charge on any atom is -0.497 e. The van der Waals surface area contributed by atoms with E-state index in [1.165, 1.54) is 32.4 Å². The van der Waals surface area contributed by atoms with E-state index < -0.39 is 40.3 Å². The van der Waals surface area contributed by atoms with E-state index in [9.17, 15) is 25.1 Å². The van der Waals surface area contributed by atoms with Crippen molar-refractivity contribution in [1.29, 1.82) is 0 Å². The summed E-state index contributed by atoms with van der Waals surface area (Å²) in [5.41, 5.74) is 3.24. The Hall–Kier alpha value is -7.53. The van der Waals surface area contributed by atoms with Crippen molar-refractivity contribution in [1.82, 2.24) is 4.90 Å². The highest BCUT2D eigenvalue weighted by atomic mass is 16.7. The third-order valence-corrected chi connectivity index (χ3v) is 14.3. The minimum absolute atomic E-state index is 0.0108. The molecule has 0 aromatic heterocycles. The molecule has 1 saturated carbocycles. The van der Waals surface area contributed by atoms with Gasteiger partial charge in [-0.2, -0.15) is 0 Å². The lowest BCUT2D eigenvalue weighted by Crippen LogP contribution is -2.70. The Morgan fingerprint density at radius 1 is 0.921 bits per heavy atom. The maximum atomic E-state index is 15.5. The van der Waals surface area contributed by atoms with Crippen molar-refractivity contribution in [2.24, 2.45) is 22.9 Å². The third kappa shape index (κ3) is 12.3. The second-order valence-corrected chi connectivity index (χ2v) is 20.3. The normalized spacial score (nSPS) is 21.2. The number of carbonyl (C=O) groups is 2. The first kappa shape index (κ1) is 54.7. The van der Waals surface area contributed by atoms with Crippen LogP contribution in [0, 0.1) is 27.9 Å². The molecule has 3 N–H and O–H groups in total. The number of methoxy groups -OCH3 is 2. The number of oxime groups is 1. The zero-order valence-corrected chi connectivity index (χ0v) is 43.8. The molecule has 8 rings (SSSR count). The first-order chi connectivity index (χ1) is 36.7. The molecule has 16 nitrogen and oxygen atoms in total. The number of nitro benzene ring substituents is 1. The van der Waals surface area contributed by atoms with Crippen molar-refractivity contribution >= 4 is 45.9 Å². The quantitative estimate of drug-likeness (QED) is 0.0195. The predicted octanol–water partition coefficient (Wildman–Crippen LogP) is 11.6. The molecule has 6 unspecified atom stereocenters. The molecule has 0 spiro atoms.